The number of carbonyl (C=O) groups is 2. The van der Waals surface area contributed by atoms with Crippen LogP contribution in [0.2, 0.25) is 0 Å². The largest absolute Gasteiger partial charge is 0.467 e. The van der Waals surface area contributed by atoms with Gasteiger partial charge in [0.25, 0.3) is 5.91 Å². The van der Waals surface area contributed by atoms with Gasteiger partial charge < -0.3 is 24.8 Å². The van der Waals surface area contributed by atoms with Crippen LogP contribution in [-0.4, -0.2) is 63.0 Å². The standard InChI is InChI=1S/C20H23F3N6O5/c1-29-13(4-16(28-29)33-9-20(21,22)23)17(30)24-15-3-12(26-27-15)14-2-11(8-32-14)34-18(31)25-19-5-10(6-19)7-19/h3-4,10-11,14H,2,5-9H2,1H3,(H,25,31)(H2,24,26,27,30)/t10?,11-,14-,19?/m1/s1. The molecule has 4 fully saturated rings. The Hall–Kier alpha value is -3.29. The molecule has 2 amide bonds. The van der Waals surface area contributed by atoms with E-state index in [9.17, 15) is 22.8 Å². The van der Waals surface area contributed by atoms with Gasteiger partial charge in [0.1, 0.15) is 17.9 Å². The van der Waals surface area contributed by atoms with E-state index in [1.165, 1.54) is 7.05 Å². The van der Waals surface area contributed by atoms with Crippen molar-refractivity contribution in [3.8, 4) is 5.88 Å². The maximum atomic E-state index is 12.5. The highest BCUT2D eigenvalue weighted by Crippen LogP contribution is 2.56. The summed E-state index contributed by atoms with van der Waals surface area (Å²) in [5, 5.41) is 16.0. The van der Waals surface area contributed by atoms with Gasteiger partial charge in [-0.1, -0.05) is 0 Å². The lowest BCUT2D eigenvalue weighted by molar-refractivity contribution is -0.154. The van der Waals surface area contributed by atoms with E-state index >= 15 is 0 Å². The SMILES string of the molecule is Cn1nc(OCC(F)(F)F)cc1C(=O)Nc1cc([C@H]2C[C@@H](OC(=O)NC34CC(C3)C4)CO2)[nH]n1. The maximum Gasteiger partial charge on any atom is 0.422 e. The topological polar surface area (TPSA) is 132 Å². The van der Waals surface area contributed by atoms with E-state index in [0.717, 1.165) is 35.9 Å². The lowest BCUT2D eigenvalue weighted by Gasteiger charge is -2.61. The number of amides is 2. The van der Waals surface area contributed by atoms with Gasteiger partial charge in [-0.2, -0.15) is 18.3 Å². The Labute approximate surface area is 191 Å². The van der Waals surface area contributed by atoms with Crippen LogP contribution in [0.25, 0.3) is 0 Å². The highest BCUT2D eigenvalue weighted by molar-refractivity contribution is 6.02. The first kappa shape index (κ1) is 22.5. The summed E-state index contributed by atoms with van der Waals surface area (Å²) < 4.78 is 53.8. The molecule has 34 heavy (non-hydrogen) atoms. The molecule has 3 heterocycles. The zero-order valence-electron chi connectivity index (χ0n) is 18.1. The van der Waals surface area contributed by atoms with Crippen LogP contribution in [-0.2, 0) is 16.5 Å². The molecule has 6 rings (SSSR count). The number of nitrogens with zero attached hydrogens (tertiary/aromatic N) is 3. The second-order valence-electron chi connectivity index (χ2n) is 9.03. The highest BCUT2D eigenvalue weighted by atomic mass is 19.4. The second-order valence-corrected chi connectivity index (χ2v) is 9.03. The van der Waals surface area contributed by atoms with Crippen molar-refractivity contribution in [3.05, 3.63) is 23.5 Å². The van der Waals surface area contributed by atoms with Crippen molar-refractivity contribution in [3.63, 3.8) is 0 Å². The number of aromatic amines is 1. The van der Waals surface area contributed by atoms with Gasteiger partial charge in [0.05, 0.1) is 12.3 Å². The van der Waals surface area contributed by atoms with Gasteiger partial charge in [-0.25, -0.2) is 4.79 Å². The van der Waals surface area contributed by atoms with E-state index < -0.39 is 37.0 Å². The number of halogens is 3. The van der Waals surface area contributed by atoms with Crippen LogP contribution in [0.5, 0.6) is 5.88 Å². The molecule has 2 atom stereocenters. The molecule has 14 heteroatoms. The van der Waals surface area contributed by atoms with Gasteiger partial charge in [0.2, 0.25) is 5.88 Å². The summed E-state index contributed by atoms with van der Waals surface area (Å²) in [4.78, 5) is 24.6. The molecular weight excluding hydrogens is 461 g/mol. The van der Waals surface area contributed by atoms with Gasteiger partial charge in [0.15, 0.2) is 12.4 Å². The first-order chi connectivity index (χ1) is 16.1. The number of hydrogen-bond donors (Lipinski definition) is 3. The third-order valence-electron chi connectivity index (χ3n) is 6.30. The summed E-state index contributed by atoms with van der Waals surface area (Å²) in [5.41, 5.74) is 0.512. The molecule has 0 spiro atoms. The molecule has 184 valence electrons. The number of ether oxygens (including phenoxy) is 3. The fourth-order valence-corrected chi connectivity index (χ4v) is 4.55. The molecular formula is C20H23F3N6O5. The Morgan fingerprint density at radius 3 is 2.76 bits per heavy atom. The van der Waals surface area contributed by atoms with Crippen molar-refractivity contribution in [1.29, 1.82) is 0 Å². The molecule has 1 aliphatic heterocycles. The van der Waals surface area contributed by atoms with E-state index in [4.69, 9.17) is 9.47 Å². The van der Waals surface area contributed by atoms with Crippen molar-refractivity contribution >= 4 is 17.8 Å². The third-order valence-corrected chi connectivity index (χ3v) is 6.30. The Kier molecular flexibility index (Phi) is 5.41. The quantitative estimate of drug-likeness (QED) is 0.550. The lowest BCUT2D eigenvalue weighted by atomic mass is 9.50. The summed E-state index contributed by atoms with van der Waals surface area (Å²) in [5.74, 6) is -0.0181. The summed E-state index contributed by atoms with van der Waals surface area (Å²) in [6.45, 7) is -1.27. The maximum absolute atomic E-state index is 12.5. The van der Waals surface area contributed by atoms with Crippen molar-refractivity contribution < 1.29 is 37.0 Å². The summed E-state index contributed by atoms with van der Waals surface area (Å²) in [7, 11) is 1.40. The van der Waals surface area contributed by atoms with Gasteiger partial charge in [-0.3, -0.25) is 14.6 Å². The minimum Gasteiger partial charge on any atom is -0.467 e. The average molecular weight is 484 g/mol. The minimum absolute atomic E-state index is 0.0120. The number of aryl methyl sites for hydroxylation is 1. The molecule has 3 aliphatic carbocycles. The molecule has 11 nitrogen and oxygen atoms in total. The number of alkyl carbamates (subject to hydrolysis) is 1. The van der Waals surface area contributed by atoms with Crippen LogP contribution in [0.4, 0.5) is 23.8 Å². The molecule has 4 aliphatic rings. The third kappa shape index (κ3) is 4.67. The van der Waals surface area contributed by atoms with Crippen LogP contribution < -0.4 is 15.4 Å². The predicted octanol–water partition coefficient (Wildman–Crippen LogP) is 2.45. The molecule has 3 saturated carbocycles. The molecule has 1 saturated heterocycles. The number of hydrogen-bond acceptors (Lipinski definition) is 7. The monoisotopic (exact) mass is 484 g/mol. The van der Waals surface area contributed by atoms with Gasteiger partial charge in [-0.15, -0.1) is 5.10 Å². The molecule has 0 radical (unpaired) electrons. The Morgan fingerprint density at radius 1 is 1.32 bits per heavy atom. The first-order valence-corrected chi connectivity index (χ1v) is 10.8. The number of carbonyl (C=O) groups excluding carboxylic acids is 2. The fourth-order valence-electron chi connectivity index (χ4n) is 4.55. The van der Waals surface area contributed by atoms with Crippen LogP contribution >= 0.6 is 0 Å². The zero-order chi connectivity index (χ0) is 24.1. The predicted molar refractivity (Wildman–Crippen MR) is 108 cm³/mol. The minimum atomic E-state index is -4.52. The van der Waals surface area contributed by atoms with Crippen LogP contribution in [0.1, 0.15) is 48.0 Å². The van der Waals surface area contributed by atoms with Gasteiger partial charge in [0, 0.05) is 31.1 Å². The Bertz CT molecular complexity index is 1080. The fraction of sp³-hybridized carbons (Fsp3) is 0.600. The Balaban J connectivity index is 1.12. The smallest absolute Gasteiger partial charge is 0.422 e. The number of rotatable bonds is 7. The lowest BCUT2D eigenvalue weighted by Crippen LogP contribution is -2.68. The van der Waals surface area contributed by atoms with Crippen molar-refractivity contribution in [2.75, 3.05) is 18.5 Å². The van der Waals surface area contributed by atoms with E-state index in [1.54, 1.807) is 6.07 Å². The van der Waals surface area contributed by atoms with Crippen LogP contribution in [0.15, 0.2) is 12.1 Å². The molecule has 3 N–H and O–H groups in total. The molecule has 2 aromatic rings. The first-order valence-electron chi connectivity index (χ1n) is 10.8. The molecule has 0 aromatic carbocycles. The summed E-state index contributed by atoms with van der Waals surface area (Å²) in [6.07, 6.45) is -2.24. The number of aromatic nitrogens is 4. The number of nitrogens with one attached hydrogen (secondary N) is 3. The highest BCUT2D eigenvalue weighted by Gasteiger charge is 2.57. The molecule has 2 aromatic heterocycles. The normalized spacial score (nSPS) is 27.5. The number of alkyl halides is 3. The number of anilines is 1. The zero-order valence-corrected chi connectivity index (χ0v) is 18.1. The van der Waals surface area contributed by atoms with Crippen molar-refractivity contribution in [2.24, 2.45) is 13.0 Å². The van der Waals surface area contributed by atoms with E-state index in [2.05, 4.69) is 30.7 Å². The number of H-pyrrole nitrogens is 1. The van der Waals surface area contributed by atoms with Gasteiger partial charge in [-0.05, 0) is 25.2 Å². The summed E-state index contributed by atoms with van der Waals surface area (Å²) >= 11 is 0. The van der Waals surface area contributed by atoms with E-state index in [1.807, 2.05) is 0 Å². The van der Waals surface area contributed by atoms with Gasteiger partial charge >= 0.3 is 12.3 Å². The van der Waals surface area contributed by atoms with Crippen molar-refractivity contribution in [2.45, 2.75) is 49.6 Å². The van der Waals surface area contributed by atoms with Crippen molar-refractivity contribution in [1.82, 2.24) is 25.3 Å². The summed E-state index contributed by atoms with van der Waals surface area (Å²) in [6, 6.07) is 2.68. The average Bonchev–Trinajstić information content (AvgIpc) is 3.41. The second kappa shape index (κ2) is 8.18. The molecule has 2 bridgehead atoms. The van der Waals surface area contributed by atoms with Crippen LogP contribution in [0.3, 0.4) is 0 Å². The Morgan fingerprint density at radius 2 is 2.09 bits per heavy atom. The van der Waals surface area contributed by atoms with Crippen LogP contribution in [0, 0.1) is 5.92 Å². The van der Waals surface area contributed by atoms with E-state index in [0.29, 0.717) is 12.1 Å². The van der Waals surface area contributed by atoms with E-state index in [-0.39, 0.29) is 29.5 Å². The molecule has 0 unspecified atom stereocenters.